The Hall–Kier alpha value is -1.68. The molecule has 2 aromatic rings. The molecular formula is C14H17N3O. The van der Waals surface area contributed by atoms with Gasteiger partial charge in [-0.25, -0.2) is 0 Å². The second kappa shape index (κ2) is 4.90. The molecule has 0 aliphatic heterocycles. The zero-order valence-electron chi connectivity index (χ0n) is 10.2. The van der Waals surface area contributed by atoms with Crippen molar-refractivity contribution >= 4 is 16.6 Å². The molecule has 0 amide bonds. The maximum atomic E-state index is 9.35. The van der Waals surface area contributed by atoms with Crippen LogP contribution in [0.15, 0.2) is 30.5 Å². The van der Waals surface area contributed by atoms with Gasteiger partial charge in [-0.1, -0.05) is 30.7 Å². The van der Waals surface area contributed by atoms with E-state index in [4.69, 9.17) is 0 Å². The van der Waals surface area contributed by atoms with Crippen molar-refractivity contribution in [1.82, 2.24) is 10.2 Å². The van der Waals surface area contributed by atoms with Crippen LogP contribution < -0.4 is 5.32 Å². The predicted molar refractivity (Wildman–Crippen MR) is 71.4 cm³/mol. The van der Waals surface area contributed by atoms with E-state index < -0.39 is 0 Å². The third kappa shape index (κ3) is 2.04. The van der Waals surface area contributed by atoms with Crippen molar-refractivity contribution in [3.63, 3.8) is 0 Å². The smallest absolute Gasteiger partial charge is 0.156 e. The summed E-state index contributed by atoms with van der Waals surface area (Å²) in [6, 6.07) is 8.41. The summed E-state index contributed by atoms with van der Waals surface area (Å²) in [4.78, 5) is 0. The van der Waals surface area contributed by atoms with Crippen molar-refractivity contribution in [3.05, 3.63) is 30.5 Å². The number of aliphatic hydroxyl groups excluding tert-OH is 1. The van der Waals surface area contributed by atoms with E-state index in [0.29, 0.717) is 12.0 Å². The first kappa shape index (κ1) is 11.4. The molecule has 0 bridgehead atoms. The molecule has 0 spiro atoms. The number of rotatable bonds is 3. The lowest BCUT2D eigenvalue weighted by Gasteiger charge is -2.20. The lowest BCUT2D eigenvalue weighted by molar-refractivity contribution is 0.222. The lowest BCUT2D eigenvalue weighted by atomic mass is 10.0. The van der Waals surface area contributed by atoms with E-state index in [0.717, 1.165) is 29.4 Å². The molecule has 2 unspecified atom stereocenters. The number of hydrogen-bond donors (Lipinski definition) is 2. The highest BCUT2D eigenvalue weighted by Crippen LogP contribution is 2.29. The standard InChI is InChI=1S/C14H17N3O/c18-9-11-5-3-7-13(11)16-14-12-6-2-1-4-10(12)8-15-17-14/h1-2,4,6,8,11,13,18H,3,5,7,9H2,(H,16,17). The second-order valence-electron chi connectivity index (χ2n) is 4.90. The van der Waals surface area contributed by atoms with Crippen molar-refractivity contribution < 1.29 is 5.11 Å². The maximum Gasteiger partial charge on any atom is 0.156 e. The van der Waals surface area contributed by atoms with Gasteiger partial charge in [0.15, 0.2) is 5.82 Å². The number of nitrogens with zero attached hydrogens (tertiary/aromatic N) is 2. The van der Waals surface area contributed by atoms with Crippen LogP contribution in [0.4, 0.5) is 5.82 Å². The highest BCUT2D eigenvalue weighted by molar-refractivity contribution is 5.90. The molecule has 1 heterocycles. The van der Waals surface area contributed by atoms with Gasteiger partial charge in [0.05, 0.1) is 6.20 Å². The largest absolute Gasteiger partial charge is 0.396 e. The summed E-state index contributed by atoms with van der Waals surface area (Å²) in [7, 11) is 0. The van der Waals surface area contributed by atoms with Crippen LogP contribution in [0.5, 0.6) is 0 Å². The Balaban J connectivity index is 1.90. The van der Waals surface area contributed by atoms with Gasteiger partial charge in [0.25, 0.3) is 0 Å². The van der Waals surface area contributed by atoms with Crippen molar-refractivity contribution in [2.24, 2.45) is 5.92 Å². The van der Waals surface area contributed by atoms with Gasteiger partial charge in [-0.15, -0.1) is 5.10 Å². The van der Waals surface area contributed by atoms with E-state index in [1.54, 1.807) is 6.20 Å². The average Bonchev–Trinajstić information content (AvgIpc) is 2.86. The van der Waals surface area contributed by atoms with Crippen LogP contribution >= 0.6 is 0 Å². The van der Waals surface area contributed by atoms with Crippen LogP contribution in [0.1, 0.15) is 19.3 Å². The number of fused-ring (bicyclic) bond motifs is 1. The third-order valence-electron chi connectivity index (χ3n) is 3.79. The Kier molecular flexibility index (Phi) is 3.11. The van der Waals surface area contributed by atoms with Gasteiger partial charge in [-0.2, -0.15) is 5.10 Å². The molecule has 1 fully saturated rings. The minimum absolute atomic E-state index is 0.246. The van der Waals surface area contributed by atoms with E-state index in [1.165, 1.54) is 6.42 Å². The number of aromatic nitrogens is 2. The van der Waals surface area contributed by atoms with Crippen molar-refractivity contribution in [1.29, 1.82) is 0 Å². The van der Waals surface area contributed by atoms with E-state index in [1.807, 2.05) is 18.2 Å². The summed E-state index contributed by atoms with van der Waals surface area (Å²) in [5.74, 6) is 1.17. The Morgan fingerprint density at radius 1 is 1.28 bits per heavy atom. The molecule has 2 atom stereocenters. The Morgan fingerprint density at radius 3 is 3.06 bits per heavy atom. The molecule has 18 heavy (non-hydrogen) atoms. The SMILES string of the molecule is OCC1CCCC1Nc1nncc2ccccc12. The zero-order chi connectivity index (χ0) is 12.4. The molecule has 94 valence electrons. The quantitative estimate of drug-likeness (QED) is 0.867. The van der Waals surface area contributed by atoms with Crippen molar-refractivity contribution in [2.45, 2.75) is 25.3 Å². The highest BCUT2D eigenvalue weighted by atomic mass is 16.3. The van der Waals surface area contributed by atoms with E-state index in [2.05, 4.69) is 21.6 Å². The summed E-state index contributed by atoms with van der Waals surface area (Å²) < 4.78 is 0. The van der Waals surface area contributed by atoms with Crippen LogP contribution in [-0.2, 0) is 0 Å². The molecule has 4 heteroatoms. The number of nitrogens with one attached hydrogen (secondary N) is 1. The normalized spacial score (nSPS) is 23.4. The molecule has 4 nitrogen and oxygen atoms in total. The molecule has 3 rings (SSSR count). The van der Waals surface area contributed by atoms with Gasteiger partial charge in [0.1, 0.15) is 0 Å². The minimum atomic E-state index is 0.246. The average molecular weight is 243 g/mol. The Labute approximate surface area is 106 Å². The summed E-state index contributed by atoms with van der Waals surface area (Å²) >= 11 is 0. The highest BCUT2D eigenvalue weighted by Gasteiger charge is 2.27. The molecule has 1 aliphatic rings. The lowest BCUT2D eigenvalue weighted by Crippen LogP contribution is -2.27. The fourth-order valence-electron chi connectivity index (χ4n) is 2.76. The molecule has 1 saturated carbocycles. The number of hydrogen-bond acceptors (Lipinski definition) is 4. The van der Waals surface area contributed by atoms with Crippen molar-refractivity contribution in [2.75, 3.05) is 11.9 Å². The number of aliphatic hydroxyl groups is 1. The first-order valence-corrected chi connectivity index (χ1v) is 6.46. The van der Waals surface area contributed by atoms with Gasteiger partial charge in [-0.3, -0.25) is 0 Å². The van der Waals surface area contributed by atoms with Gasteiger partial charge >= 0.3 is 0 Å². The van der Waals surface area contributed by atoms with E-state index in [9.17, 15) is 5.11 Å². The molecule has 2 N–H and O–H groups in total. The molecule has 1 aromatic heterocycles. The Morgan fingerprint density at radius 2 is 2.17 bits per heavy atom. The fraction of sp³-hybridized carbons (Fsp3) is 0.429. The minimum Gasteiger partial charge on any atom is -0.396 e. The first-order valence-electron chi connectivity index (χ1n) is 6.46. The monoisotopic (exact) mass is 243 g/mol. The van der Waals surface area contributed by atoms with Crippen LogP contribution in [0.25, 0.3) is 10.8 Å². The van der Waals surface area contributed by atoms with Gasteiger partial charge in [0, 0.05) is 29.3 Å². The summed E-state index contributed by atoms with van der Waals surface area (Å²) in [5, 5.41) is 23.2. The topological polar surface area (TPSA) is 58.0 Å². The molecule has 1 aromatic carbocycles. The van der Waals surface area contributed by atoms with Crippen LogP contribution in [0.3, 0.4) is 0 Å². The van der Waals surface area contributed by atoms with Crippen LogP contribution in [0.2, 0.25) is 0 Å². The Bertz CT molecular complexity index is 538. The zero-order valence-corrected chi connectivity index (χ0v) is 10.2. The van der Waals surface area contributed by atoms with Crippen molar-refractivity contribution in [3.8, 4) is 0 Å². The van der Waals surface area contributed by atoms with Crippen LogP contribution in [-0.4, -0.2) is 28.0 Å². The number of anilines is 1. The number of benzene rings is 1. The second-order valence-corrected chi connectivity index (χ2v) is 4.90. The first-order chi connectivity index (χ1) is 8.88. The van der Waals surface area contributed by atoms with Crippen LogP contribution in [0, 0.1) is 5.92 Å². The van der Waals surface area contributed by atoms with E-state index >= 15 is 0 Å². The molecule has 0 radical (unpaired) electrons. The van der Waals surface area contributed by atoms with E-state index in [-0.39, 0.29) is 6.61 Å². The fourth-order valence-corrected chi connectivity index (χ4v) is 2.76. The third-order valence-corrected chi connectivity index (χ3v) is 3.79. The summed E-state index contributed by atoms with van der Waals surface area (Å²) in [6.45, 7) is 0.246. The van der Waals surface area contributed by atoms with Gasteiger partial charge in [-0.05, 0) is 12.8 Å². The molecular weight excluding hydrogens is 226 g/mol. The summed E-state index contributed by atoms with van der Waals surface area (Å²) in [5.41, 5.74) is 0. The maximum absolute atomic E-state index is 9.35. The molecule has 0 saturated heterocycles. The van der Waals surface area contributed by atoms with Gasteiger partial charge in [0.2, 0.25) is 0 Å². The molecule has 1 aliphatic carbocycles. The van der Waals surface area contributed by atoms with Gasteiger partial charge < -0.3 is 10.4 Å². The summed E-state index contributed by atoms with van der Waals surface area (Å²) in [6.07, 6.45) is 5.13. The predicted octanol–water partition coefficient (Wildman–Crippen LogP) is 2.20.